The first kappa shape index (κ1) is 15.4. The highest BCUT2D eigenvalue weighted by atomic mass is 16.4. The van der Waals surface area contributed by atoms with E-state index in [9.17, 15) is 9.59 Å². The molecule has 0 bridgehead atoms. The Morgan fingerprint density at radius 2 is 1.47 bits per heavy atom. The van der Waals surface area contributed by atoms with Gasteiger partial charge in [-0.2, -0.15) is 0 Å². The van der Waals surface area contributed by atoms with Crippen molar-refractivity contribution in [2.75, 3.05) is 0 Å². The summed E-state index contributed by atoms with van der Waals surface area (Å²) in [5.74, 6) is -0.601. The van der Waals surface area contributed by atoms with E-state index >= 15 is 0 Å². The van der Waals surface area contributed by atoms with Gasteiger partial charge >= 0.3 is 5.97 Å². The smallest absolute Gasteiger partial charge is 0.307 e. The van der Waals surface area contributed by atoms with E-state index in [1.54, 1.807) is 12.1 Å². The fourth-order valence-corrected chi connectivity index (χ4v) is 1.35. The Balaban J connectivity index is 0.00000256. The molecule has 94 valence electrons. The van der Waals surface area contributed by atoms with Crippen LogP contribution in [-0.2, 0) is 22.4 Å². The summed E-state index contributed by atoms with van der Waals surface area (Å²) < 4.78 is 0. The van der Waals surface area contributed by atoms with E-state index in [-0.39, 0.29) is 25.5 Å². The summed E-state index contributed by atoms with van der Waals surface area (Å²) in [5.41, 5.74) is 1.70. The molecule has 0 aromatic heterocycles. The topological polar surface area (TPSA) is 54.4 Å². The number of hydrogen-bond donors (Lipinski definition) is 1. The Hall–Kier alpha value is -1.64. The van der Waals surface area contributed by atoms with Crippen LogP contribution in [0.25, 0.3) is 0 Å². The molecule has 3 heteroatoms. The lowest BCUT2D eigenvalue weighted by Gasteiger charge is -2.04. The minimum absolute atomic E-state index is 0. The average molecular weight is 236 g/mol. The van der Waals surface area contributed by atoms with Crippen molar-refractivity contribution < 1.29 is 14.7 Å². The van der Waals surface area contributed by atoms with E-state index in [4.69, 9.17) is 5.11 Å². The van der Waals surface area contributed by atoms with Crippen molar-refractivity contribution in [3.8, 4) is 0 Å². The van der Waals surface area contributed by atoms with Gasteiger partial charge in [0.25, 0.3) is 0 Å². The van der Waals surface area contributed by atoms with Crippen LogP contribution in [-0.4, -0.2) is 16.9 Å². The minimum Gasteiger partial charge on any atom is -0.481 e. The monoisotopic (exact) mass is 236 g/mol. The number of carbonyl (C=O) groups is 2. The average Bonchev–Trinajstić information content (AvgIpc) is 2.20. The number of carboxylic acids is 1. The molecule has 0 spiro atoms. The molecule has 0 aliphatic heterocycles. The standard InChI is InChI=1S/C13H16O3.CH4/c1-9(2)12(14)7-10-3-5-11(6-4-10)8-13(15)16;/h3-6,9H,7-8H2,1-2H3,(H,15,16);1H4. The van der Waals surface area contributed by atoms with Crippen molar-refractivity contribution in [1.29, 1.82) is 0 Å². The lowest BCUT2D eigenvalue weighted by atomic mass is 10.00. The molecular formula is C14H20O3. The Kier molecular flexibility index (Phi) is 6.18. The second kappa shape index (κ2) is 6.84. The Morgan fingerprint density at radius 1 is 1.06 bits per heavy atom. The molecule has 0 unspecified atom stereocenters. The largest absolute Gasteiger partial charge is 0.481 e. The molecule has 0 aliphatic rings. The molecule has 1 aromatic rings. The first-order valence-corrected chi connectivity index (χ1v) is 5.31. The molecule has 0 radical (unpaired) electrons. The minimum atomic E-state index is -0.842. The van der Waals surface area contributed by atoms with Crippen molar-refractivity contribution in [3.63, 3.8) is 0 Å². The number of carboxylic acid groups (broad SMARTS) is 1. The van der Waals surface area contributed by atoms with Gasteiger partial charge in [-0.15, -0.1) is 0 Å². The molecular weight excluding hydrogens is 216 g/mol. The van der Waals surface area contributed by atoms with E-state index in [0.29, 0.717) is 6.42 Å². The van der Waals surface area contributed by atoms with Gasteiger partial charge in [0.15, 0.2) is 0 Å². The van der Waals surface area contributed by atoms with Crippen LogP contribution in [0, 0.1) is 5.92 Å². The predicted molar refractivity (Wildman–Crippen MR) is 68.1 cm³/mol. The first-order chi connectivity index (χ1) is 7.49. The van der Waals surface area contributed by atoms with Gasteiger partial charge in [-0.3, -0.25) is 9.59 Å². The Labute approximate surface area is 102 Å². The fraction of sp³-hybridized carbons (Fsp3) is 0.429. The van der Waals surface area contributed by atoms with Crippen LogP contribution < -0.4 is 0 Å². The number of hydrogen-bond acceptors (Lipinski definition) is 2. The summed E-state index contributed by atoms with van der Waals surface area (Å²) in [6, 6.07) is 7.16. The van der Waals surface area contributed by atoms with Crippen molar-refractivity contribution in [3.05, 3.63) is 35.4 Å². The van der Waals surface area contributed by atoms with Gasteiger partial charge in [-0.1, -0.05) is 45.5 Å². The van der Waals surface area contributed by atoms with Crippen LogP contribution in [0.2, 0.25) is 0 Å². The van der Waals surface area contributed by atoms with Gasteiger partial charge in [-0.25, -0.2) is 0 Å². The van der Waals surface area contributed by atoms with Gasteiger partial charge in [0.05, 0.1) is 6.42 Å². The van der Waals surface area contributed by atoms with E-state index in [1.165, 1.54) is 0 Å². The zero-order chi connectivity index (χ0) is 12.1. The van der Waals surface area contributed by atoms with E-state index in [1.807, 2.05) is 26.0 Å². The summed E-state index contributed by atoms with van der Waals surface area (Å²) in [5, 5.41) is 8.60. The highest BCUT2D eigenvalue weighted by molar-refractivity contribution is 5.82. The van der Waals surface area contributed by atoms with Gasteiger partial charge in [0.2, 0.25) is 0 Å². The molecule has 0 amide bonds. The summed E-state index contributed by atoms with van der Waals surface area (Å²) >= 11 is 0. The molecule has 0 saturated carbocycles. The molecule has 3 nitrogen and oxygen atoms in total. The maximum absolute atomic E-state index is 11.5. The predicted octanol–water partition coefficient (Wildman–Crippen LogP) is 2.72. The van der Waals surface area contributed by atoms with Gasteiger partial charge in [0, 0.05) is 12.3 Å². The van der Waals surface area contributed by atoms with Crippen LogP contribution in [0.4, 0.5) is 0 Å². The highest BCUT2D eigenvalue weighted by Gasteiger charge is 2.08. The molecule has 0 saturated heterocycles. The number of rotatable bonds is 5. The maximum atomic E-state index is 11.5. The lowest BCUT2D eigenvalue weighted by molar-refractivity contribution is -0.136. The zero-order valence-corrected chi connectivity index (χ0v) is 9.56. The molecule has 1 N–H and O–H groups in total. The normalized spacial score (nSPS) is 9.82. The third-order valence-corrected chi connectivity index (χ3v) is 2.40. The fourth-order valence-electron chi connectivity index (χ4n) is 1.35. The molecule has 0 heterocycles. The third kappa shape index (κ3) is 5.29. The van der Waals surface area contributed by atoms with Crippen molar-refractivity contribution in [1.82, 2.24) is 0 Å². The number of benzene rings is 1. The highest BCUT2D eigenvalue weighted by Crippen LogP contribution is 2.08. The second-order valence-electron chi connectivity index (χ2n) is 4.18. The van der Waals surface area contributed by atoms with Crippen molar-refractivity contribution >= 4 is 11.8 Å². The SMILES string of the molecule is C.CC(C)C(=O)Cc1ccc(CC(=O)O)cc1. The molecule has 17 heavy (non-hydrogen) atoms. The number of ketones is 1. The Morgan fingerprint density at radius 3 is 1.82 bits per heavy atom. The quantitative estimate of drug-likeness (QED) is 0.855. The molecule has 0 fully saturated rings. The van der Waals surface area contributed by atoms with Crippen molar-refractivity contribution in [2.45, 2.75) is 34.1 Å². The van der Waals surface area contributed by atoms with E-state index < -0.39 is 5.97 Å². The maximum Gasteiger partial charge on any atom is 0.307 e. The zero-order valence-electron chi connectivity index (χ0n) is 9.56. The molecule has 0 atom stereocenters. The molecule has 0 aliphatic carbocycles. The van der Waals surface area contributed by atoms with E-state index in [2.05, 4.69) is 0 Å². The first-order valence-electron chi connectivity index (χ1n) is 5.31. The third-order valence-electron chi connectivity index (χ3n) is 2.40. The number of Topliss-reactive ketones (excluding diaryl/α,β-unsaturated/α-hetero) is 1. The van der Waals surface area contributed by atoms with Crippen LogP contribution in [0.3, 0.4) is 0 Å². The van der Waals surface area contributed by atoms with Crippen LogP contribution >= 0.6 is 0 Å². The van der Waals surface area contributed by atoms with E-state index in [0.717, 1.165) is 11.1 Å². The lowest BCUT2D eigenvalue weighted by Crippen LogP contribution is -2.10. The number of carbonyl (C=O) groups excluding carboxylic acids is 1. The van der Waals surface area contributed by atoms with Crippen LogP contribution in [0.1, 0.15) is 32.4 Å². The number of aliphatic carboxylic acids is 1. The van der Waals surface area contributed by atoms with Crippen molar-refractivity contribution in [2.24, 2.45) is 5.92 Å². The summed E-state index contributed by atoms with van der Waals surface area (Å²) in [6.45, 7) is 3.75. The second-order valence-corrected chi connectivity index (χ2v) is 4.18. The van der Waals surface area contributed by atoms with Crippen LogP contribution in [0.15, 0.2) is 24.3 Å². The van der Waals surface area contributed by atoms with Gasteiger partial charge in [-0.05, 0) is 11.1 Å². The molecule has 1 aromatic carbocycles. The van der Waals surface area contributed by atoms with Gasteiger partial charge < -0.3 is 5.11 Å². The van der Waals surface area contributed by atoms with Crippen LogP contribution in [0.5, 0.6) is 0 Å². The summed E-state index contributed by atoms with van der Waals surface area (Å²) in [6.07, 6.45) is 0.448. The van der Waals surface area contributed by atoms with Gasteiger partial charge in [0.1, 0.15) is 5.78 Å². The summed E-state index contributed by atoms with van der Waals surface area (Å²) in [7, 11) is 0. The molecule has 1 rings (SSSR count). The summed E-state index contributed by atoms with van der Waals surface area (Å²) in [4.78, 5) is 21.9. The Bertz CT molecular complexity index is 377.